The number of rotatable bonds is 6. The van der Waals surface area contributed by atoms with E-state index in [1.807, 2.05) is 36.4 Å². The zero-order chi connectivity index (χ0) is 24.9. The van der Waals surface area contributed by atoms with Crippen LogP contribution in [0.25, 0.3) is 6.08 Å². The van der Waals surface area contributed by atoms with Crippen molar-refractivity contribution in [2.45, 2.75) is 32.5 Å². The molecular formula is C26H27Cl2N5O2. The summed E-state index contributed by atoms with van der Waals surface area (Å²) in [6.07, 6.45) is 5.40. The molecule has 35 heavy (non-hydrogen) atoms. The zero-order valence-electron chi connectivity index (χ0n) is 19.5. The predicted octanol–water partition coefficient (Wildman–Crippen LogP) is 4.70. The summed E-state index contributed by atoms with van der Waals surface area (Å²) in [7, 11) is 0. The normalized spacial score (nSPS) is 18.1. The van der Waals surface area contributed by atoms with Crippen molar-refractivity contribution in [3.8, 4) is 0 Å². The second-order valence-electron chi connectivity index (χ2n) is 8.69. The predicted molar refractivity (Wildman–Crippen MR) is 143 cm³/mol. The van der Waals surface area contributed by atoms with Gasteiger partial charge in [0.2, 0.25) is 0 Å². The molecule has 1 fully saturated rings. The number of hydrogen-bond donors (Lipinski definition) is 2. The van der Waals surface area contributed by atoms with E-state index in [0.717, 1.165) is 18.7 Å². The number of halogens is 2. The van der Waals surface area contributed by atoms with Gasteiger partial charge in [-0.2, -0.15) is 5.10 Å². The van der Waals surface area contributed by atoms with E-state index in [9.17, 15) is 9.59 Å². The minimum atomic E-state index is -0.312. The molecular weight excluding hydrogens is 485 g/mol. The van der Waals surface area contributed by atoms with E-state index in [0.29, 0.717) is 40.6 Å². The van der Waals surface area contributed by atoms with Crippen molar-refractivity contribution in [3.05, 3.63) is 92.3 Å². The molecule has 4 rings (SSSR count). The van der Waals surface area contributed by atoms with E-state index in [-0.39, 0.29) is 16.5 Å². The summed E-state index contributed by atoms with van der Waals surface area (Å²) in [6.45, 7) is 6.05. The molecule has 1 saturated heterocycles. The lowest BCUT2D eigenvalue weighted by atomic mass is 10.1. The van der Waals surface area contributed by atoms with Gasteiger partial charge in [-0.15, -0.1) is 0 Å². The molecule has 1 amide bonds. The summed E-state index contributed by atoms with van der Waals surface area (Å²) >= 11 is 12.3. The number of nitrogens with one attached hydrogen (secondary N) is 2. The van der Waals surface area contributed by atoms with Crippen molar-refractivity contribution >= 4 is 46.6 Å². The topological polar surface area (TPSA) is 79.3 Å². The molecule has 1 aliphatic rings. The van der Waals surface area contributed by atoms with Gasteiger partial charge in [-0.1, -0.05) is 47.5 Å². The fraction of sp³-hybridized carbons (Fsp3) is 0.269. The number of benzene rings is 2. The van der Waals surface area contributed by atoms with Crippen LogP contribution in [0.2, 0.25) is 10.0 Å². The van der Waals surface area contributed by atoms with Crippen LogP contribution in [0.4, 0.5) is 11.4 Å². The summed E-state index contributed by atoms with van der Waals surface area (Å²) in [5.41, 5.74) is 2.50. The number of piperazine rings is 1. The van der Waals surface area contributed by atoms with Gasteiger partial charge in [0.1, 0.15) is 5.02 Å². The number of aromatic nitrogens is 2. The van der Waals surface area contributed by atoms with Crippen LogP contribution < -0.4 is 21.1 Å². The molecule has 0 radical (unpaired) electrons. The maximum absolute atomic E-state index is 12.8. The monoisotopic (exact) mass is 511 g/mol. The molecule has 7 nitrogen and oxygen atoms in total. The van der Waals surface area contributed by atoms with Gasteiger partial charge in [0.25, 0.3) is 11.5 Å². The summed E-state index contributed by atoms with van der Waals surface area (Å²) < 4.78 is 1.35. The highest BCUT2D eigenvalue weighted by Gasteiger charge is 2.24. The SMILES string of the molecule is C[C@@H]1CN(c2cnn(C/C=C/c3ccc(NC(=O)c4ccc(Cl)cc4)cc3)c(=O)c2Cl)C[C@H](C)N1. The molecule has 9 heteroatoms. The molecule has 3 aromatic rings. The van der Waals surface area contributed by atoms with E-state index in [2.05, 4.69) is 34.5 Å². The summed E-state index contributed by atoms with van der Waals surface area (Å²) in [5.74, 6) is -0.208. The number of anilines is 2. The lowest BCUT2D eigenvalue weighted by molar-refractivity contribution is 0.102. The van der Waals surface area contributed by atoms with E-state index >= 15 is 0 Å². The molecule has 2 N–H and O–H groups in total. The van der Waals surface area contributed by atoms with Crippen molar-refractivity contribution < 1.29 is 4.79 Å². The standard InChI is InChI=1S/C26H27Cl2N5O2/c1-17-15-32(16-18(2)30-17)23-14-29-33(26(35)24(23)28)13-3-4-19-5-11-22(12-6-19)31-25(34)20-7-9-21(27)10-8-20/h3-12,14,17-18,30H,13,15-16H2,1-2H3,(H,31,34)/b4-3+/t17-,18+. The Bertz CT molecular complexity index is 1260. The summed E-state index contributed by atoms with van der Waals surface area (Å²) in [5, 5.41) is 11.4. The lowest BCUT2D eigenvalue weighted by Gasteiger charge is -2.37. The molecule has 0 bridgehead atoms. The second-order valence-corrected chi connectivity index (χ2v) is 9.50. The Morgan fingerprint density at radius 2 is 1.74 bits per heavy atom. The van der Waals surface area contributed by atoms with Crippen molar-refractivity contribution in [1.82, 2.24) is 15.1 Å². The first-order valence-corrected chi connectivity index (χ1v) is 12.2. The molecule has 1 aliphatic heterocycles. The first kappa shape index (κ1) is 25.0. The van der Waals surface area contributed by atoms with Gasteiger partial charge >= 0.3 is 0 Å². The van der Waals surface area contributed by atoms with E-state index < -0.39 is 0 Å². The number of nitrogens with zero attached hydrogens (tertiary/aromatic N) is 3. The maximum atomic E-state index is 12.8. The third kappa shape index (κ3) is 6.31. The fourth-order valence-electron chi connectivity index (χ4n) is 4.10. The Morgan fingerprint density at radius 3 is 2.40 bits per heavy atom. The lowest BCUT2D eigenvalue weighted by Crippen LogP contribution is -2.54. The Kier molecular flexibility index (Phi) is 7.90. The fourth-order valence-corrected chi connectivity index (χ4v) is 4.49. The van der Waals surface area contributed by atoms with Crippen molar-refractivity contribution in [2.75, 3.05) is 23.3 Å². The van der Waals surface area contributed by atoms with E-state index in [1.165, 1.54) is 4.68 Å². The first-order valence-electron chi connectivity index (χ1n) is 11.4. The zero-order valence-corrected chi connectivity index (χ0v) is 21.1. The minimum absolute atomic E-state index is 0.190. The van der Waals surface area contributed by atoms with Crippen LogP contribution in [0, 0.1) is 0 Å². The number of carbonyl (C=O) groups excluding carboxylic acids is 1. The van der Waals surface area contributed by atoms with Crippen LogP contribution >= 0.6 is 23.2 Å². The number of hydrogen-bond acceptors (Lipinski definition) is 5. The maximum Gasteiger partial charge on any atom is 0.287 e. The largest absolute Gasteiger partial charge is 0.366 e. The average Bonchev–Trinajstić information content (AvgIpc) is 2.82. The van der Waals surface area contributed by atoms with Crippen molar-refractivity contribution in [2.24, 2.45) is 0 Å². The molecule has 0 unspecified atom stereocenters. The molecule has 2 heterocycles. The van der Waals surface area contributed by atoms with Gasteiger partial charge in [-0.25, -0.2) is 4.68 Å². The van der Waals surface area contributed by atoms with Gasteiger partial charge in [0, 0.05) is 41.4 Å². The van der Waals surface area contributed by atoms with Gasteiger partial charge in [0.15, 0.2) is 0 Å². The highest BCUT2D eigenvalue weighted by Crippen LogP contribution is 2.23. The molecule has 182 valence electrons. The third-order valence-corrected chi connectivity index (χ3v) is 6.34. The second kappa shape index (κ2) is 11.1. The number of amides is 1. The van der Waals surface area contributed by atoms with Gasteiger partial charge < -0.3 is 15.5 Å². The van der Waals surface area contributed by atoms with Crippen molar-refractivity contribution in [3.63, 3.8) is 0 Å². The van der Waals surface area contributed by atoms with Crippen molar-refractivity contribution in [1.29, 1.82) is 0 Å². The van der Waals surface area contributed by atoms with Crippen LogP contribution in [-0.2, 0) is 6.54 Å². The third-order valence-electron chi connectivity index (χ3n) is 5.73. The van der Waals surface area contributed by atoms with E-state index in [1.54, 1.807) is 30.5 Å². The average molecular weight is 512 g/mol. The van der Waals surface area contributed by atoms with Crippen LogP contribution in [0.15, 0.2) is 65.6 Å². The summed E-state index contributed by atoms with van der Waals surface area (Å²) in [4.78, 5) is 27.2. The molecule has 1 aromatic heterocycles. The summed E-state index contributed by atoms with van der Waals surface area (Å²) in [6, 6.07) is 14.7. The molecule has 0 aliphatic carbocycles. The number of carbonyl (C=O) groups is 1. The highest BCUT2D eigenvalue weighted by molar-refractivity contribution is 6.33. The Morgan fingerprint density at radius 1 is 1.09 bits per heavy atom. The minimum Gasteiger partial charge on any atom is -0.366 e. The highest BCUT2D eigenvalue weighted by atomic mass is 35.5. The number of allylic oxidation sites excluding steroid dienone is 1. The first-order chi connectivity index (χ1) is 16.8. The van der Waals surface area contributed by atoms with E-state index in [4.69, 9.17) is 23.2 Å². The Labute approximate surface area is 214 Å². The smallest absolute Gasteiger partial charge is 0.287 e. The Hall–Kier alpha value is -3.13. The van der Waals surface area contributed by atoms with Gasteiger partial charge in [0.05, 0.1) is 18.4 Å². The molecule has 0 spiro atoms. The van der Waals surface area contributed by atoms with Crippen LogP contribution in [0.1, 0.15) is 29.8 Å². The van der Waals surface area contributed by atoms with Gasteiger partial charge in [-0.3, -0.25) is 9.59 Å². The van der Waals surface area contributed by atoms with Crippen LogP contribution in [0.5, 0.6) is 0 Å². The Balaban J connectivity index is 1.37. The van der Waals surface area contributed by atoms with Crippen LogP contribution in [0.3, 0.4) is 0 Å². The molecule has 0 saturated carbocycles. The van der Waals surface area contributed by atoms with Gasteiger partial charge in [-0.05, 0) is 55.8 Å². The van der Waals surface area contributed by atoms with Crippen LogP contribution in [-0.4, -0.2) is 40.9 Å². The molecule has 2 atom stereocenters. The molecule has 2 aromatic carbocycles. The quantitative estimate of drug-likeness (QED) is 0.501.